The molecule has 0 aliphatic carbocycles. The van der Waals surface area contributed by atoms with Gasteiger partial charge in [-0.05, 0) is 0 Å². The molecule has 0 aromatic heterocycles. The van der Waals surface area contributed by atoms with Gasteiger partial charge >= 0.3 is 59.1 Å². The Morgan fingerprint density at radius 2 is 1.12 bits per heavy atom. The van der Waals surface area contributed by atoms with E-state index in [1.165, 1.54) is 0 Å². The zero-order valence-corrected chi connectivity index (χ0v) is 9.23. The Morgan fingerprint density at radius 1 is 0.875 bits per heavy atom. The van der Waals surface area contributed by atoms with E-state index >= 15 is 0 Å². The van der Waals surface area contributed by atoms with Crippen LogP contribution in [0.2, 0.25) is 0 Å². The summed E-state index contributed by atoms with van der Waals surface area (Å²) in [6.07, 6.45) is 3.48. The monoisotopic (exact) mass is 130 g/mol. The van der Waals surface area contributed by atoms with Gasteiger partial charge in [0.1, 0.15) is 0 Å². The van der Waals surface area contributed by atoms with Crippen LogP contribution in [0.4, 0.5) is 0 Å². The Hall–Kier alpha value is 1.34. The van der Waals surface area contributed by atoms with Crippen LogP contribution in [0.25, 0.3) is 0 Å². The molecule has 0 amide bonds. The van der Waals surface area contributed by atoms with Gasteiger partial charge in [-0.15, -0.1) is 0 Å². The third-order valence-electron chi connectivity index (χ3n) is 0.329. The molecule has 0 N–H and O–H groups in total. The van der Waals surface area contributed by atoms with Crippen LogP contribution in [0.3, 0.4) is 0 Å². The van der Waals surface area contributed by atoms with Crippen LogP contribution in [0.1, 0.15) is 12.8 Å². The van der Waals surface area contributed by atoms with Crippen molar-refractivity contribution in [2.45, 2.75) is 12.8 Å². The minimum atomic E-state index is 0. The fourth-order valence-electron chi connectivity index (χ4n) is 0.102. The van der Waals surface area contributed by atoms with Crippen molar-refractivity contribution < 1.29 is 68.7 Å². The van der Waals surface area contributed by atoms with Crippen molar-refractivity contribution in [1.29, 1.82) is 0 Å². The molecule has 0 rings (SSSR count). The van der Waals surface area contributed by atoms with Gasteiger partial charge in [0.05, 0.1) is 0 Å². The first-order chi connectivity index (χ1) is 2.91. The second-order valence-electron chi connectivity index (χ2n) is 0.789. The standard InChI is InChI=1S/C4H4O2.2Na/c5-3-1-2-4-6;;/h1-2H2;;/q-2;2*+1. The van der Waals surface area contributed by atoms with E-state index in [-0.39, 0.29) is 72.0 Å². The average molecular weight is 130 g/mol. The number of carbonyl (C=O) groups excluding carboxylic acids is 2. The van der Waals surface area contributed by atoms with Crippen LogP contribution < -0.4 is 59.1 Å². The smallest absolute Gasteiger partial charge is 0.542 e. The SMILES string of the molecule is O=[C-]CC[C-]=O.[Na+].[Na+]. The van der Waals surface area contributed by atoms with Crippen molar-refractivity contribution in [3.8, 4) is 0 Å². The summed E-state index contributed by atoms with van der Waals surface area (Å²) in [5, 5.41) is 0. The van der Waals surface area contributed by atoms with E-state index in [1.54, 1.807) is 12.6 Å². The van der Waals surface area contributed by atoms with Crippen molar-refractivity contribution in [3.63, 3.8) is 0 Å². The molecule has 0 spiro atoms. The van der Waals surface area contributed by atoms with Gasteiger partial charge in [0.25, 0.3) is 0 Å². The minimum Gasteiger partial charge on any atom is -0.542 e. The molecule has 0 fully saturated rings. The van der Waals surface area contributed by atoms with Gasteiger partial charge in [0.15, 0.2) is 0 Å². The molecule has 0 aliphatic rings. The summed E-state index contributed by atoms with van der Waals surface area (Å²) in [4.78, 5) is 18.5. The number of hydrogen-bond acceptors (Lipinski definition) is 2. The summed E-state index contributed by atoms with van der Waals surface area (Å²) in [6.45, 7) is 0. The first-order valence-electron chi connectivity index (χ1n) is 1.62. The Labute approximate surface area is 93.0 Å². The molecule has 0 saturated heterocycles. The van der Waals surface area contributed by atoms with Crippen LogP contribution in [0.5, 0.6) is 0 Å². The van der Waals surface area contributed by atoms with Gasteiger partial charge in [0.2, 0.25) is 0 Å². The molecule has 0 aromatic rings. The van der Waals surface area contributed by atoms with Crippen LogP contribution in [-0.2, 0) is 9.59 Å². The van der Waals surface area contributed by atoms with Gasteiger partial charge in [-0.1, -0.05) is 0 Å². The summed E-state index contributed by atoms with van der Waals surface area (Å²) >= 11 is 0. The van der Waals surface area contributed by atoms with Gasteiger partial charge in [-0.3, -0.25) is 12.6 Å². The Balaban J connectivity index is -0.000000125. The number of hydrogen-bond donors (Lipinski definition) is 0. The third kappa shape index (κ3) is 15.7. The predicted molar refractivity (Wildman–Crippen MR) is 20.6 cm³/mol. The molecular formula is C4H4Na2O2. The summed E-state index contributed by atoms with van der Waals surface area (Å²) in [5.41, 5.74) is 0. The molecule has 0 unspecified atom stereocenters. The van der Waals surface area contributed by atoms with E-state index in [0.29, 0.717) is 0 Å². The van der Waals surface area contributed by atoms with Gasteiger partial charge in [-0.25, -0.2) is 0 Å². The first kappa shape index (κ1) is 16.2. The Kier molecular flexibility index (Phi) is 31.8. The largest absolute Gasteiger partial charge is 1.00 e. The van der Waals surface area contributed by atoms with Crippen molar-refractivity contribution in [3.05, 3.63) is 0 Å². The van der Waals surface area contributed by atoms with Crippen molar-refractivity contribution >= 4 is 12.6 Å². The normalized spacial score (nSPS) is 5.50. The maximum absolute atomic E-state index is 9.26. The van der Waals surface area contributed by atoms with Crippen LogP contribution in [0, 0.1) is 0 Å². The van der Waals surface area contributed by atoms with Crippen LogP contribution in [0.15, 0.2) is 0 Å². The molecule has 0 radical (unpaired) electrons. The topological polar surface area (TPSA) is 34.1 Å². The van der Waals surface area contributed by atoms with E-state index in [1.807, 2.05) is 0 Å². The van der Waals surface area contributed by atoms with Crippen molar-refractivity contribution in [2.24, 2.45) is 0 Å². The summed E-state index contributed by atoms with van der Waals surface area (Å²) in [7, 11) is 0. The molecule has 2 nitrogen and oxygen atoms in total. The molecule has 0 aromatic carbocycles. The second-order valence-corrected chi connectivity index (χ2v) is 0.789. The summed E-state index contributed by atoms with van der Waals surface area (Å²) < 4.78 is 0. The minimum absolute atomic E-state index is 0. The van der Waals surface area contributed by atoms with E-state index < -0.39 is 0 Å². The molecule has 0 bridgehead atoms. The third-order valence-corrected chi connectivity index (χ3v) is 0.329. The zero-order chi connectivity index (χ0) is 4.83. The zero-order valence-electron chi connectivity index (χ0n) is 5.23. The van der Waals surface area contributed by atoms with Crippen LogP contribution >= 0.6 is 0 Å². The Bertz CT molecular complexity index is 48.0. The van der Waals surface area contributed by atoms with Gasteiger partial charge < -0.3 is 9.59 Å². The molecular weight excluding hydrogens is 126 g/mol. The molecule has 4 heteroatoms. The molecule has 0 heterocycles. The molecule has 8 heavy (non-hydrogen) atoms. The fraction of sp³-hybridized carbons (Fsp3) is 0.500. The molecule has 0 saturated carbocycles. The van der Waals surface area contributed by atoms with E-state index in [2.05, 4.69) is 0 Å². The quantitative estimate of drug-likeness (QED) is 0.216. The Morgan fingerprint density at radius 3 is 1.25 bits per heavy atom. The van der Waals surface area contributed by atoms with Crippen molar-refractivity contribution in [2.75, 3.05) is 0 Å². The number of rotatable bonds is 3. The van der Waals surface area contributed by atoms with E-state index in [9.17, 15) is 9.59 Å². The molecule has 0 atom stereocenters. The van der Waals surface area contributed by atoms with E-state index in [4.69, 9.17) is 0 Å². The number of unbranched alkanes of at least 4 members (excludes halogenated alkanes) is 1. The van der Waals surface area contributed by atoms with Gasteiger partial charge in [-0.2, -0.15) is 12.8 Å². The second kappa shape index (κ2) is 15.8. The first-order valence-corrected chi connectivity index (χ1v) is 1.62. The molecule has 0 aliphatic heterocycles. The molecule has 34 valence electrons. The van der Waals surface area contributed by atoms with E-state index in [0.717, 1.165) is 0 Å². The predicted octanol–water partition coefficient (Wildman–Crippen LogP) is -6.01. The summed E-state index contributed by atoms with van der Waals surface area (Å²) in [5.74, 6) is 0. The van der Waals surface area contributed by atoms with Gasteiger partial charge in [0, 0.05) is 0 Å². The summed E-state index contributed by atoms with van der Waals surface area (Å²) in [6, 6.07) is 0. The van der Waals surface area contributed by atoms with Crippen molar-refractivity contribution in [1.82, 2.24) is 0 Å². The fourth-order valence-corrected chi connectivity index (χ4v) is 0.102. The van der Waals surface area contributed by atoms with Crippen LogP contribution in [-0.4, -0.2) is 12.6 Å². The average Bonchev–Trinajstić information content (AvgIpc) is 1.61. The maximum Gasteiger partial charge on any atom is 1.00 e. The maximum atomic E-state index is 9.26.